The van der Waals surface area contributed by atoms with Gasteiger partial charge in [0.05, 0.1) is 12.3 Å². The van der Waals surface area contributed by atoms with Crippen LogP contribution in [0.15, 0.2) is 24.3 Å². The zero-order valence-electron chi connectivity index (χ0n) is 12.9. The Morgan fingerprint density at radius 1 is 1.00 bits per heavy atom. The number of ether oxygens (including phenoxy) is 1. The topological polar surface area (TPSA) is 47.3 Å². The standard InChI is InChI=1S/C17H30N2O/c1-2-3-10-15-20-17-12-7-6-11-16(17)19-14-9-5-4-8-13-18/h6-7,11-12,19H,2-5,8-10,13-15,18H2,1H3. The monoisotopic (exact) mass is 278 g/mol. The summed E-state index contributed by atoms with van der Waals surface area (Å²) in [4.78, 5) is 0. The van der Waals surface area contributed by atoms with Crippen molar-refractivity contribution in [2.24, 2.45) is 5.73 Å². The fourth-order valence-corrected chi connectivity index (χ4v) is 2.12. The molecule has 0 bridgehead atoms. The molecule has 3 N–H and O–H groups in total. The number of anilines is 1. The van der Waals surface area contributed by atoms with Crippen molar-refractivity contribution in [2.75, 3.05) is 25.0 Å². The van der Waals surface area contributed by atoms with Crippen molar-refractivity contribution >= 4 is 5.69 Å². The Balaban J connectivity index is 2.26. The molecule has 114 valence electrons. The van der Waals surface area contributed by atoms with E-state index in [1.54, 1.807) is 0 Å². The molecule has 0 aromatic heterocycles. The minimum Gasteiger partial charge on any atom is -0.491 e. The summed E-state index contributed by atoms with van der Waals surface area (Å²) in [7, 11) is 0. The van der Waals surface area contributed by atoms with E-state index in [0.29, 0.717) is 0 Å². The Bertz CT molecular complexity index is 342. The number of benzene rings is 1. The van der Waals surface area contributed by atoms with Crippen molar-refractivity contribution in [2.45, 2.75) is 51.9 Å². The van der Waals surface area contributed by atoms with E-state index in [1.165, 1.54) is 32.1 Å². The molecule has 0 saturated carbocycles. The first-order valence-electron chi connectivity index (χ1n) is 8.04. The molecule has 1 aromatic rings. The molecular formula is C17H30N2O. The number of nitrogens with one attached hydrogen (secondary N) is 1. The summed E-state index contributed by atoms with van der Waals surface area (Å²) in [5, 5.41) is 3.47. The van der Waals surface area contributed by atoms with Crippen LogP contribution in [0, 0.1) is 0 Å². The fraction of sp³-hybridized carbons (Fsp3) is 0.647. The maximum absolute atomic E-state index is 5.86. The number of hydrogen-bond acceptors (Lipinski definition) is 3. The summed E-state index contributed by atoms with van der Waals surface area (Å²) < 4.78 is 5.86. The molecule has 1 rings (SSSR count). The SMILES string of the molecule is CCCCCOc1ccccc1NCCCCCCN. The van der Waals surface area contributed by atoms with Gasteiger partial charge in [0.25, 0.3) is 0 Å². The van der Waals surface area contributed by atoms with E-state index < -0.39 is 0 Å². The number of hydrogen-bond donors (Lipinski definition) is 2. The molecule has 3 nitrogen and oxygen atoms in total. The lowest BCUT2D eigenvalue weighted by molar-refractivity contribution is 0.307. The molecule has 0 fully saturated rings. The molecule has 0 atom stereocenters. The first-order chi connectivity index (χ1) is 9.88. The highest BCUT2D eigenvalue weighted by molar-refractivity contribution is 5.56. The van der Waals surface area contributed by atoms with E-state index >= 15 is 0 Å². The Morgan fingerprint density at radius 2 is 1.80 bits per heavy atom. The van der Waals surface area contributed by atoms with E-state index in [1.807, 2.05) is 12.1 Å². The van der Waals surface area contributed by atoms with Crippen LogP contribution in [-0.4, -0.2) is 19.7 Å². The Morgan fingerprint density at radius 3 is 2.60 bits per heavy atom. The Labute approximate surface area is 123 Å². The van der Waals surface area contributed by atoms with Gasteiger partial charge in [0, 0.05) is 6.54 Å². The van der Waals surface area contributed by atoms with Crippen molar-refractivity contribution in [3.05, 3.63) is 24.3 Å². The van der Waals surface area contributed by atoms with Gasteiger partial charge in [-0.25, -0.2) is 0 Å². The van der Waals surface area contributed by atoms with Gasteiger partial charge in [0.2, 0.25) is 0 Å². The first kappa shape index (κ1) is 16.8. The van der Waals surface area contributed by atoms with Gasteiger partial charge in [-0.2, -0.15) is 0 Å². The maximum Gasteiger partial charge on any atom is 0.142 e. The van der Waals surface area contributed by atoms with Gasteiger partial charge in [-0.05, 0) is 37.9 Å². The molecule has 20 heavy (non-hydrogen) atoms. The molecule has 3 heteroatoms. The molecule has 1 aromatic carbocycles. The molecule has 0 spiro atoms. The average Bonchev–Trinajstić information content (AvgIpc) is 2.48. The van der Waals surface area contributed by atoms with Crippen LogP contribution in [0.2, 0.25) is 0 Å². The molecule has 0 aliphatic carbocycles. The third kappa shape index (κ3) is 7.39. The van der Waals surface area contributed by atoms with Gasteiger partial charge in [0.1, 0.15) is 5.75 Å². The zero-order valence-corrected chi connectivity index (χ0v) is 12.9. The summed E-state index contributed by atoms with van der Waals surface area (Å²) in [6.07, 6.45) is 8.38. The van der Waals surface area contributed by atoms with Crippen LogP contribution < -0.4 is 15.8 Å². The van der Waals surface area contributed by atoms with Crippen LogP contribution in [0.25, 0.3) is 0 Å². The van der Waals surface area contributed by atoms with Gasteiger partial charge in [-0.3, -0.25) is 0 Å². The number of nitrogens with two attached hydrogens (primary N) is 1. The largest absolute Gasteiger partial charge is 0.491 e. The molecule has 0 amide bonds. The molecule has 0 aliphatic heterocycles. The van der Waals surface area contributed by atoms with Crippen LogP contribution >= 0.6 is 0 Å². The highest BCUT2D eigenvalue weighted by Crippen LogP contribution is 2.24. The van der Waals surface area contributed by atoms with Crippen molar-refractivity contribution in [3.63, 3.8) is 0 Å². The average molecular weight is 278 g/mol. The predicted octanol–water partition coefficient (Wildman–Crippen LogP) is 4.19. The lowest BCUT2D eigenvalue weighted by Crippen LogP contribution is -2.05. The zero-order chi connectivity index (χ0) is 14.5. The molecule has 0 heterocycles. The summed E-state index contributed by atoms with van der Waals surface area (Å²) >= 11 is 0. The van der Waals surface area contributed by atoms with Gasteiger partial charge >= 0.3 is 0 Å². The van der Waals surface area contributed by atoms with E-state index in [-0.39, 0.29) is 0 Å². The second kappa shape index (κ2) is 11.6. The highest BCUT2D eigenvalue weighted by atomic mass is 16.5. The second-order valence-corrected chi connectivity index (χ2v) is 5.18. The summed E-state index contributed by atoms with van der Waals surface area (Å²) in [6, 6.07) is 8.22. The molecule has 0 aliphatic rings. The molecule has 0 saturated heterocycles. The molecule has 0 unspecified atom stereocenters. The maximum atomic E-state index is 5.86. The summed E-state index contributed by atoms with van der Waals surface area (Å²) in [5.74, 6) is 0.977. The minimum atomic E-state index is 0.807. The predicted molar refractivity (Wildman–Crippen MR) is 87.5 cm³/mol. The van der Waals surface area contributed by atoms with E-state index in [4.69, 9.17) is 10.5 Å². The fourth-order valence-electron chi connectivity index (χ4n) is 2.12. The van der Waals surface area contributed by atoms with Gasteiger partial charge in [-0.1, -0.05) is 44.7 Å². The number of unbranched alkanes of at least 4 members (excludes halogenated alkanes) is 5. The van der Waals surface area contributed by atoms with Crippen molar-refractivity contribution in [1.82, 2.24) is 0 Å². The minimum absolute atomic E-state index is 0.807. The lowest BCUT2D eigenvalue weighted by Gasteiger charge is -2.13. The second-order valence-electron chi connectivity index (χ2n) is 5.18. The lowest BCUT2D eigenvalue weighted by atomic mass is 10.2. The highest BCUT2D eigenvalue weighted by Gasteiger charge is 2.01. The Kier molecular flexibility index (Phi) is 9.76. The van der Waals surface area contributed by atoms with Crippen molar-refractivity contribution in [3.8, 4) is 5.75 Å². The first-order valence-corrected chi connectivity index (χ1v) is 8.04. The molecular weight excluding hydrogens is 248 g/mol. The normalized spacial score (nSPS) is 10.5. The van der Waals surface area contributed by atoms with Crippen LogP contribution in [-0.2, 0) is 0 Å². The summed E-state index contributed by atoms with van der Waals surface area (Å²) in [5.41, 5.74) is 6.60. The van der Waals surface area contributed by atoms with Crippen LogP contribution in [0.3, 0.4) is 0 Å². The third-order valence-electron chi connectivity index (χ3n) is 3.34. The van der Waals surface area contributed by atoms with E-state index in [0.717, 1.165) is 44.0 Å². The van der Waals surface area contributed by atoms with E-state index in [9.17, 15) is 0 Å². The van der Waals surface area contributed by atoms with E-state index in [2.05, 4.69) is 24.4 Å². The van der Waals surface area contributed by atoms with Crippen LogP contribution in [0.4, 0.5) is 5.69 Å². The van der Waals surface area contributed by atoms with Crippen LogP contribution in [0.1, 0.15) is 51.9 Å². The van der Waals surface area contributed by atoms with Crippen molar-refractivity contribution < 1.29 is 4.74 Å². The van der Waals surface area contributed by atoms with Gasteiger partial charge in [-0.15, -0.1) is 0 Å². The Hall–Kier alpha value is -1.22. The van der Waals surface area contributed by atoms with Crippen LogP contribution in [0.5, 0.6) is 5.75 Å². The third-order valence-corrected chi connectivity index (χ3v) is 3.34. The number of para-hydroxylation sites is 2. The van der Waals surface area contributed by atoms with Gasteiger partial charge in [0.15, 0.2) is 0 Å². The summed E-state index contributed by atoms with van der Waals surface area (Å²) in [6.45, 7) is 4.82. The quantitative estimate of drug-likeness (QED) is 0.564. The molecule has 0 radical (unpaired) electrons. The smallest absolute Gasteiger partial charge is 0.142 e. The van der Waals surface area contributed by atoms with Gasteiger partial charge < -0.3 is 15.8 Å². The number of rotatable bonds is 12. The van der Waals surface area contributed by atoms with Crippen molar-refractivity contribution in [1.29, 1.82) is 0 Å².